The number of rotatable bonds is 3. The molecule has 0 aliphatic heterocycles. The van der Waals surface area contributed by atoms with Gasteiger partial charge in [0, 0.05) is 5.56 Å². The molecule has 0 aromatic heterocycles. The van der Waals surface area contributed by atoms with Gasteiger partial charge < -0.3 is 0 Å². The molecule has 0 heterocycles. The lowest BCUT2D eigenvalue weighted by Gasteiger charge is -2.31. The Kier molecular flexibility index (Phi) is 3.98. The van der Waals surface area contributed by atoms with Gasteiger partial charge in [0.15, 0.2) is 10.7 Å². The number of ketones is 1. The second kappa shape index (κ2) is 5.81. The first-order valence-electron chi connectivity index (χ1n) is 7.71. The molecule has 0 saturated carbocycles. The molecule has 29 heavy (non-hydrogen) atoms. The fourth-order valence-electron chi connectivity index (χ4n) is 3.78. The van der Waals surface area contributed by atoms with E-state index < -0.39 is 62.3 Å². The molecule has 4 rings (SSSR count). The Morgan fingerprint density at radius 3 is 1.93 bits per heavy atom. The molecule has 2 aliphatic rings. The second-order valence-electron chi connectivity index (χ2n) is 6.40. The number of hydrogen-bond acceptors (Lipinski definition) is 7. The number of carbonyl (C=O) groups is 1. The van der Waals surface area contributed by atoms with E-state index in [2.05, 4.69) is 0 Å². The van der Waals surface area contributed by atoms with Crippen molar-refractivity contribution in [3.05, 3.63) is 56.8 Å². The molecule has 13 heteroatoms. The molecule has 0 spiro atoms. The summed E-state index contributed by atoms with van der Waals surface area (Å²) in [6, 6.07) is 7.05. The highest BCUT2D eigenvalue weighted by Gasteiger charge is 2.49. The van der Waals surface area contributed by atoms with Crippen LogP contribution in [0.5, 0.6) is 0 Å². The number of Topliss-reactive ketones (excluding diaryl/α,β-unsaturated/α-hetero) is 1. The first kappa shape index (κ1) is 19.9. The smallest absolute Gasteiger partial charge is 0.292 e. The molecule has 2 aliphatic carbocycles. The Morgan fingerprint density at radius 2 is 1.38 bits per heavy atom. The molecule has 1 unspecified atom stereocenters. The highest BCUT2D eigenvalue weighted by Crippen LogP contribution is 2.50. The third kappa shape index (κ3) is 2.86. The number of benzene rings is 2. The SMILES string of the molecule is O=C1C(S(=O)(=O)O)=C(S(=O)(=O)O)c2ccc3cccc4c3c2C1C(S(=O)(=O)O)=C4. The molecule has 0 bridgehead atoms. The zero-order valence-corrected chi connectivity index (χ0v) is 16.4. The van der Waals surface area contributed by atoms with Crippen molar-refractivity contribution in [2.24, 2.45) is 0 Å². The van der Waals surface area contributed by atoms with E-state index in [0.29, 0.717) is 5.39 Å². The topological polar surface area (TPSA) is 180 Å². The molecule has 2 aromatic carbocycles. The van der Waals surface area contributed by atoms with Gasteiger partial charge in [0.1, 0.15) is 4.91 Å². The van der Waals surface area contributed by atoms with Gasteiger partial charge in [0.25, 0.3) is 30.4 Å². The van der Waals surface area contributed by atoms with Crippen LogP contribution in [0.1, 0.15) is 22.6 Å². The summed E-state index contributed by atoms with van der Waals surface area (Å²) < 4.78 is 100. The van der Waals surface area contributed by atoms with Crippen LogP contribution >= 0.6 is 0 Å². The standard InChI is InChI=1S/C16H10O10S3/c17-14-13-10(27(18,19)20)6-8-3-1-2-7-4-5-9(12(13)11(7)8)15(28(21,22)23)16(14)29(24,25)26/h1-6,13H,(H,18,19,20)(H,21,22,23)(H,24,25,26). The van der Waals surface area contributed by atoms with Crippen molar-refractivity contribution in [2.45, 2.75) is 5.92 Å². The van der Waals surface area contributed by atoms with Crippen molar-refractivity contribution >= 4 is 57.9 Å². The average Bonchev–Trinajstić information content (AvgIpc) is 2.57. The van der Waals surface area contributed by atoms with Crippen LogP contribution in [0.15, 0.2) is 40.1 Å². The minimum Gasteiger partial charge on any atom is -0.292 e. The van der Waals surface area contributed by atoms with Gasteiger partial charge in [-0.15, -0.1) is 0 Å². The van der Waals surface area contributed by atoms with E-state index in [1.807, 2.05) is 0 Å². The number of hydrogen-bond donors (Lipinski definition) is 3. The number of carbonyl (C=O) groups excluding carboxylic acids is 1. The molecule has 152 valence electrons. The van der Waals surface area contributed by atoms with Crippen LogP contribution in [0.4, 0.5) is 0 Å². The van der Waals surface area contributed by atoms with Crippen LogP contribution in [0.2, 0.25) is 0 Å². The van der Waals surface area contributed by atoms with Crippen LogP contribution < -0.4 is 0 Å². The van der Waals surface area contributed by atoms with Crippen LogP contribution in [0, 0.1) is 0 Å². The molecule has 2 aromatic rings. The van der Waals surface area contributed by atoms with Gasteiger partial charge in [-0.3, -0.25) is 18.5 Å². The van der Waals surface area contributed by atoms with Gasteiger partial charge in [0.2, 0.25) is 0 Å². The van der Waals surface area contributed by atoms with Crippen molar-refractivity contribution in [3.63, 3.8) is 0 Å². The molecule has 0 fully saturated rings. The highest BCUT2D eigenvalue weighted by molar-refractivity contribution is 7.98. The lowest BCUT2D eigenvalue weighted by molar-refractivity contribution is -0.115. The van der Waals surface area contributed by atoms with Gasteiger partial charge in [-0.2, -0.15) is 25.3 Å². The Hall–Kier alpha value is -2.42. The lowest BCUT2D eigenvalue weighted by Crippen LogP contribution is -2.32. The maximum absolute atomic E-state index is 13.0. The Morgan fingerprint density at radius 1 is 0.759 bits per heavy atom. The fraction of sp³-hybridized carbons (Fsp3) is 0.0625. The summed E-state index contributed by atoms with van der Waals surface area (Å²) in [5.41, 5.74) is -0.460. The summed E-state index contributed by atoms with van der Waals surface area (Å²) in [4.78, 5) is 9.05. The monoisotopic (exact) mass is 458 g/mol. The molecule has 1 atom stereocenters. The minimum absolute atomic E-state index is 0.210. The maximum atomic E-state index is 13.0. The van der Waals surface area contributed by atoms with Crippen molar-refractivity contribution in [3.8, 4) is 0 Å². The van der Waals surface area contributed by atoms with E-state index in [1.54, 1.807) is 12.1 Å². The quantitative estimate of drug-likeness (QED) is 0.565. The highest BCUT2D eigenvalue weighted by atomic mass is 32.2. The van der Waals surface area contributed by atoms with E-state index >= 15 is 0 Å². The average molecular weight is 458 g/mol. The van der Waals surface area contributed by atoms with E-state index in [9.17, 15) is 43.7 Å². The van der Waals surface area contributed by atoms with E-state index in [1.165, 1.54) is 12.1 Å². The van der Waals surface area contributed by atoms with Crippen molar-refractivity contribution in [1.29, 1.82) is 0 Å². The van der Waals surface area contributed by atoms with Gasteiger partial charge in [-0.1, -0.05) is 30.3 Å². The van der Waals surface area contributed by atoms with Gasteiger partial charge in [0.05, 0.1) is 10.8 Å². The molecular formula is C16H10O10S3. The molecular weight excluding hydrogens is 448 g/mol. The Balaban J connectivity index is 2.33. The largest absolute Gasteiger partial charge is 0.299 e. The molecule has 10 nitrogen and oxygen atoms in total. The van der Waals surface area contributed by atoms with Crippen LogP contribution in [0.25, 0.3) is 21.8 Å². The van der Waals surface area contributed by atoms with Crippen molar-refractivity contribution < 1.29 is 43.7 Å². The third-order valence-corrected chi connectivity index (χ3v) is 7.68. The summed E-state index contributed by atoms with van der Waals surface area (Å²) in [7, 11) is -15.9. The lowest BCUT2D eigenvalue weighted by atomic mass is 9.78. The minimum atomic E-state index is -5.51. The van der Waals surface area contributed by atoms with E-state index in [0.717, 1.165) is 12.1 Å². The van der Waals surface area contributed by atoms with Gasteiger partial charge in [-0.05, 0) is 28.0 Å². The first-order chi connectivity index (χ1) is 13.2. The fourth-order valence-corrected chi connectivity index (χ4v) is 6.72. The van der Waals surface area contributed by atoms with Crippen LogP contribution in [0.3, 0.4) is 0 Å². The Bertz CT molecular complexity index is 1520. The third-order valence-electron chi connectivity index (χ3n) is 4.74. The summed E-state index contributed by atoms with van der Waals surface area (Å²) in [6.45, 7) is 0. The van der Waals surface area contributed by atoms with Crippen molar-refractivity contribution in [2.75, 3.05) is 0 Å². The van der Waals surface area contributed by atoms with E-state index in [-0.39, 0.29) is 16.5 Å². The van der Waals surface area contributed by atoms with Gasteiger partial charge in [-0.25, -0.2) is 0 Å². The maximum Gasteiger partial charge on any atom is 0.299 e. The van der Waals surface area contributed by atoms with E-state index in [4.69, 9.17) is 0 Å². The molecule has 0 radical (unpaired) electrons. The zero-order valence-electron chi connectivity index (χ0n) is 14.0. The number of allylic oxidation sites excluding steroid dienone is 2. The van der Waals surface area contributed by atoms with Crippen LogP contribution in [-0.2, 0) is 35.1 Å². The van der Waals surface area contributed by atoms with Crippen molar-refractivity contribution in [1.82, 2.24) is 0 Å². The zero-order chi connectivity index (χ0) is 21.5. The second-order valence-corrected chi connectivity index (χ2v) is 10.5. The summed E-state index contributed by atoms with van der Waals surface area (Å²) in [6.07, 6.45) is 0.969. The van der Waals surface area contributed by atoms with Crippen LogP contribution in [-0.4, -0.2) is 44.7 Å². The summed E-state index contributed by atoms with van der Waals surface area (Å²) >= 11 is 0. The van der Waals surface area contributed by atoms with Gasteiger partial charge >= 0.3 is 0 Å². The molecule has 0 saturated heterocycles. The summed E-state index contributed by atoms with van der Waals surface area (Å²) in [5.74, 6) is -3.54. The molecule has 0 amide bonds. The summed E-state index contributed by atoms with van der Waals surface area (Å²) in [5, 5.41) is 0.709. The predicted octanol–water partition coefficient (Wildman–Crippen LogP) is 1.19. The first-order valence-corrected chi connectivity index (χ1v) is 12.0. The predicted molar refractivity (Wildman–Crippen MR) is 101 cm³/mol. The molecule has 3 N–H and O–H groups in total. The normalized spacial score (nSPS) is 19.5. The Labute approximate surface area is 164 Å².